The molecule has 0 radical (unpaired) electrons. The van der Waals surface area contributed by atoms with E-state index in [1.165, 1.54) is 7.11 Å². The Hall–Kier alpha value is -2.36. The van der Waals surface area contributed by atoms with Gasteiger partial charge in [-0.2, -0.15) is 4.98 Å². The molecule has 9 nitrogen and oxygen atoms in total. The second-order valence-corrected chi connectivity index (χ2v) is 5.99. The number of likely N-dealkylation sites (N-methyl/N-ethyl adjacent to an activating group) is 2. The minimum atomic E-state index is -0.220. The summed E-state index contributed by atoms with van der Waals surface area (Å²) in [6, 6.07) is 5.34. The summed E-state index contributed by atoms with van der Waals surface area (Å²) < 4.78 is 16.2. The Kier molecular flexibility index (Phi) is 7.40. The van der Waals surface area contributed by atoms with E-state index in [-0.39, 0.29) is 31.0 Å². The van der Waals surface area contributed by atoms with Gasteiger partial charge in [0.15, 0.2) is 23.9 Å². The van der Waals surface area contributed by atoms with Crippen LogP contribution in [0.2, 0.25) is 0 Å². The molecule has 2 N–H and O–H groups in total. The predicted molar refractivity (Wildman–Crippen MR) is 101 cm³/mol. The van der Waals surface area contributed by atoms with Crippen LogP contribution in [0.3, 0.4) is 0 Å². The van der Waals surface area contributed by atoms with E-state index in [2.05, 4.69) is 25.7 Å². The van der Waals surface area contributed by atoms with Crippen LogP contribution >= 0.6 is 12.4 Å². The summed E-state index contributed by atoms with van der Waals surface area (Å²) in [5.74, 6) is 1.80. The average molecular weight is 398 g/mol. The average Bonchev–Trinajstić information content (AvgIpc) is 3.16. The van der Waals surface area contributed by atoms with Crippen LogP contribution in [0.5, 0.6) is 11.5 Å². The molecule has 1 aliphatic rings. The lowest BCUT2D eigenvalue weighted by molar-refractivity contribution is -0.122. The molecule has 1 amide bonds. The Morgan fingerprint density at radius 1 is 1.44 bits per heavy atom. The SMILES string of the molecule is CNC(=O)COc1ccc(-c2nc(C3CNCCN3C)no2)cc1OC.Cl. The van der Waals surface area contributed by atoms with Gasteiger partial charge in [0.05, 0.1) is 13.2 Å². The summed E-state index contributed by atoms with van der Waals surface area (Å²) in [5, 5.41) is 9.96. The number of halogens is 1. The Morgan fingerprint density at radius 3 is 2.96 bits per heavy atom. The van der Waals surface area contributed by atoms with Crippen LogP contribution in [-0.2, 0) is 4.79 Å². The number of nitrogens with zero attached hydrogens (tertiary/aromatic N) is 3. The van der Waals surface area contributed by atoms with Gasteiger partial charge < -0.3 is 24.6 Å². The third-order valence-electron chi connectivity index (χ3n) is 4.30. The summed E-state index contributed by atoms with van der Waals surface area (Å²) in [4.78, 5) is 18.1. The molecule has 0 spiro atoms. The molecule has 1 fully saturated rings. The minimum absolute atomic E-state index is 0. The summed E-state index contributed by atoms with van der Waals surface area (Å²) in [5.41, 5.74) is 0.722. The number of rotatable bonds is 6. The molecule has 1 aromatic heterocycles. The van der Waals surface area contributed by atoms with Gasteiger partial charge in [0.25, 0.3) is 11.8 Å². The number of hydrogen-bond acceptors (Lipinski definition) is 8. The van der Waals surface area contributed by atoms with E-state index >= 15 is 0 Å². The Bertz CT molecular complexity index is 770. The van der Waals surface area contributed by atoms with Gasteiger partial charge in [-0.25, -0.2) is 0 Å². The molecule has 0 bridgehead atoms. The number of hydrogen-bond donors (Lipinski definition) is 2. The molecule has 2 heterocycles. The third-order valence-corrected chi connectivity index (χ3v) is 4.30. The zero-order valence-corrected chi connectivity index (χ0v) is 16.3. The number of nitrogens with one attached hydrogen (secondary N) is 2. The zero-order valence-electron chi connectivity index (χ0n) is 15.5. The number of aromatic nitrogens is 2. The van der Waals surface area contributed by atoms with Gasteiger partial charge in [-0.15, -0.1) is 12.4 Å². The predicted octanol–water partition coefficient (Wildman–Crippen LogP) is 0.868. The van der Waals surface area contributed by atoms with E-state index in [1.807, 2.05) is 7.05 Å². The van der Waals surface area contributed by atoms with Crippen LogP contribution in [0.25, 0.3) is 11.5 Å². The molecule has 0 saturated carbocycles. The van der Waals surface area contributed by atoms with E-state index < -0.39 is 0 Å². The summed E-state index contributed by atoms with van der Waals surface area (Å²) in [7, 11) is 5.13. The standard InChI is InChI=1S/C17H23N5O4.ClH/c1-18-15(23)10-25-13-5-4-11(8-14(13)24-3)17-20-16(21-26-17)12-9-19-6-7-22(12)2;/h4-5,8,12,19H,6-7,9-10H2,1-3H3,(H,18,23);1H. The van der Waals surface area contributed by atoms with Crippen molar-refractivity contribution in [1.82, 2.24) is 25.7 Å². The van der Waals surface area contributed by atoms with Crippen molar-refractivity contribution in [1.29, 1.82) is 0 Å². The molecule has 1 aromatic carbocycles. The van der Waals surface area contributed by atoms with Crippen LogP contribution in [0.15, 0.2) is 22.7 Å². The first-order chi connectivity index (χ1) is 12.6. The van der Waals surface area contributed by atoms with E-state index in [0.717, 1.165) is 25.2 Å². The molecule has 1 aliphatic heterocycles. The number of amides is 1. The molecule has 1 unspecified atom stereocenters. The monoisotopic (exact) mass is 397 g/mol. The summed E-state index contributed by atoms with van der Waals surface area (Å²) >= 11 is 0. The number of ether oxygens (including phenoxy) is 2. The highest BCUT2D eigenvalue weighted by atomic mass is 35.5. The van der Waals surface area contributed by atoms with Crippen molar-refractivity contribution < 1.29 is 18.8 Å². The molecule has 27 heavy (non-hydrogen) atoms. The maximum Gasteiger partial charge on any atom is 0.258 e. The molecule has 148 valence electrons. The van der Waals surface area contributed by atoms with E-state index in [4.69, 9.17) is 14.0 Å². The highest BCUT2D eigenvalue weighted by Crippen LogP contribution is 2.32. The van der Waals surface area contributed by atoms with Gasteiger partial charge in [-0.3, -0.25) is 9.69 Å². The number of piperazine rings is 1. The first-order valence-electron chi connectivity index (χ1n) is 8.38. The van der Waals surface area contributed by atoms with Crippen molar-refractivity contribution in [3.8, 4) is 23.0 Å². The topological polar surface area (TPSA) is 102 Å². The first-order valence-corrected chi connectivity index (χ1v) is 8.38. The Balaban J connectivity index is 0.00000261. The van der Waals surface area contributed by atoms with Crippen LogP contribution in [0.4, 0.5) is 0 Å². The number of carbonyl (C=O) groups is 1. The van der Waals surface area contributed by atoms with Gasteiger partial charge in [-0.1, -0.05) is 5.16 Å². The zero-order chi connectivity index (χ0) is 18.5. The van der Waals surface area contributed by atoms with Crippen LogP contribution in [0, 0.1) is 0 Å². The van der Waals surface area contributed by atoms with Crippen LogP contribution in [-0.4, -0.2) is 68.4 Å². The third kappa shape index (κ3) is 4.88. The Labute approximate surface area is 163 Å². The van der Waals surface area contributed by atoms with Crippen molar-refractivity contribution >= 4 is 18.3 Å². The molecule has 0 aliphatic carbocycles. The van der Waals surface area contributed by atoms with Crippen molar-refractivity contribution in [2.75, 3.05) is 47.4 Å². The molecular formula is C17H24ClN5O4. The Morgan fingerprint density at radius 2 is 2.26 bits per heavy atom. The van der Waals surface area contributed by atoms with Crippen molar-refractivity contribution in [3.63, 3.8) is 0 Å². The largest absolute Gasteiger partial charge is 0.493 e. The quantitative estimate of drug-likeness (QED) is 0.740. The van der Waals surface area contributed by atoms with E-state index in [0.29, 0.717) is 23.2 Å². The lowest BCUT2D eigenvalue weighted by Crippen LogP contribution is -2.44. The van der Waals surface area contributed by atoms with Gasteiger partial charge >= 0.3 is 0 Å². The number of methoxy groups -OCH3 is 1. The molecular weight excluding hydrogens is 374 g/mol. The van der Waals surface area contributed by atoms with Gasteiger partial charge in [0.1, 0.15) is 0 Å². The highest BCUT2D eigenvalue weighted by molar-refractivity contribution is 5.85. The van der Waals surface area contributed by atoms with Crippen LogP contribution in [0.1, 0.15) is 11.9 Å². The molecule has 3 rings (SSSR count). The highest BCUT2D eigenvalue weighted by Gasteiger charge is 2.25. The van der Waals surface area contributed by atoms with Crippen LogP contribution < -0.4 is 20.1 Å². The lowest BCUT2D eigenvalue weighted by Gasteiger charge is -2.30. The number of carbonyl (C=O) groups excluding carboxylic acids is 1. The molecule has 2 aromatic rings. The molecule has 10 heteroatoms. The van der Waals surface area contributed by atoms with Crippen molar-refractivity contribution in [2.45, 2.75) is 6.04 Å². The van der Waals surface area contributed by atoms with Gasteiger partial charge in [0.2, 0.25) is 0 Å². The second-order valence-electron chi connectivity index (χ2n) is 5.99. The fraction of sp³-hybridized carbons (Fsp3) is 0.471. The van der Waals surface area contributed by atoms with Crippen molar-refractivity contribution in [2.24, 2.45) is 0 Å². The summed E-state index contributed by atoms with van der Waals surface area (Å²) in [6.45, 7) is 2.58. The fourth-order valence-electron chi connectivity index (χ4n) is 2.72. The summed E-state index contributed by atoms with van der Waals surface area (Å²) in [6.07, 6.45) is 0. The minimum Gasteiger partial charge on any atom is -0.493 e. The maximum atomic E-state index is 11.3. The molecule has 1 atom stereocenters. The first kappa shape index (κ1) is 20.9. The number of benzene rings is 1. The van der Waals surface area contributed by atoms with Crippen molar-refractivity contribution in [3.05, 3.63) is 24.0 Å². The molecule has 1 saturated heterocycles. The smallest absolute Gasteiger partial charge is 0.258 e. The normalized spacial score (nSPS) is 17.1. The lowest BCUT2D eigenvalue weighted by atomic mass is 10.2. The van der Waals surface area contributed by atoms with Gasteiger partial charge in [-0.05, 0) is 25.2 Å². The van der Waals surface area contributed by atoms with Gasteiger partial charge in [0, 0.05) is 32.2 Å². The van der Waals surface area contributed by atoms with E-state index in [1.54, 1.807) is 25.2 Å². The fourth-order valence-corrected chi connectivity index (χ4v) is 2.72. The maximum absolute atomic E-state index is 11.3. The second kappa shape index (κ2) is 9.54. The van der Waals surface area contributed by atoms with E-state index in [9.17, 15) is 4.79 Å².